The minimum Gasteiger partial charge on any atom is -0.481 e. The van der Waals surface area contributed by atoms with Gasteiger partial charge in [-0.2, -0.15) is 0 Å². The van der Waals surface area contributed by atoms with E-state index in [9.17, 15) is 14.7 Å². The Labute approximate surface area is 118 Å². The number of carboxylic acid groups (broad SMARTS) is 1. The van der Waals surface area contributed by atoms with Gasteiger partial charge < -0.3 is 15.7 Å². The van der Waals surface area contributed by atoms with Gasteiger partial charge in [-0.25, -0.2) is 0 Å². The van der Waals surface area contributed by atoms with Crippen LogP contribution in [-0.4, -0.2) is 29.6 Å². The summed E-state index contributed by atoms with van der Waals surface area (Å²) in [5, 5.41) is 9.28. The number of carbonyl (C=O) groups excluding carboxylic acids is 1. The number of aliphatic carboxylic acids is 1. The normalized spacial score (nSPS) is 20.4. The minimum absolute atomic E-state index is 0.0681. The van der Waals surface area contributed by atoms with Gasteiger partial charge in [0.2, 0.25) is 5.91 Å². The van der Waals surface area contributed by atoms with Gasteiger partial charge in [0.1, 0.15) is 5.92 Å². The first-order valence-electron chi connectivity index (χ1n) is 6.86. The summed E-state index contributed by atoms with van der Waals surface area (Å²) in [4.78, 5) is 25.3. The van der Waals surface area contributed by atoms with E-state index >= 15 is 0 Å². The zero-order valence-corrected chi connectivity index (χ0v) is 11.7. The highest BCUT2D eigenvalue weighted by Crippen LogP contribution is 2.36. The summed E-state index contributed by atoms with van der Waals surface area (Å²) in [6.45, 7) is 4.08. The Morgan fingerprint density at radius 2 is 2.10 bits per heavy atom. The van der Waals surface area contributed by atoms with Crippen LogP contribution in [0.4, 0.5) is 5.69 Å². The number of nitrogens with zero attached hydrogens (tertiary/aromatic N) is 1. The molecule has 20 heavy (non-hydrogen) atoms. The second-order valence-electron chi connectivity index (χ2n) is 5.31. The van der Waals surface area contributed by atoms with Crippen LogP contribution in [0.5, 0.6) is 0 Å². The summed E-state index contributed by atoms with van der Waals surface area (Å²) in [6, 6.07) is 6.53. The lowest BCUT2D eigenvalue weighted by Gasteiger charge is -2.25. The summed E-state index contributed by atoms with van der Waals surface area (Å²) >= 11 is 0. The van der Waals surface area contributed by atoms with Crippen LogP contribution in [0.1, 0.15) is 31.7 Å². The number of para-hydroxylation sites is 1. The van der Waals surface area contributed by atoms with Crippen LogP contribution < -0.4 is 10.6 Å². The quantitative estimate of drug-likeness (QED) is 0.874. The Morgan fingerprint density at radius 1 is 1.45 bits per heavy atom. The Bertz CT molecular complexity index is 530. The highest BCUT2D eigenvalue weighted by Gasteiger charge is 2.38. The molecule has 0 fully saturated rings. The van der Waals surface area contributed by atoms with Crippen LogP contribution in [0.25, 0.3) is 0 Å². The summed E-state index contributed by atoms with van der Waals surface area (Å²) in [5.41, 5.74) is 7.35. The number of amides is 1. The Hall–Kier alpha value is -1.88. The molecule has 3 atom stereocenters. The molecule has 1 aromatic carbocycles. The molecule has 0 saturated heterocycles. The lowest BCUT2D eigenvalue weighted by Crippen LogP contribution is -2.47. The summed E-state index contributed by atoms with van der Waals surface area (Å²) < 4.78 is 0. The third-order valence-electron chi connectivity index (χ3n) is 4.07. The van der Waals surface area contributed by atoms with E-state index < -0.39 is 17.9 Å². The van der Waals surface area contributed by atoms with E-state index in [2.05, 4.69) is 0 Å². The molecule has 108 valence electrons. The van der Waals surface area contributed by atoms with Gasteiger partial charge in [-0.3, -0.25) is 9.59 Å². The highest BCUT2D eigenvalue weighted by atomic mass is 16.4. The lowest BCUT2D eigenvalue weighted by atomic mass is 9.99. The number of hydrogen-bond donors (Lipinski definition) is 2. The maximum absolute atomic E-state index is 12.5. The zero-order valence-electron chi connectivity index (χ0n) is 11.7. The fourth-order valence-electron chi connectivity index (χ4n) is 2.50. The van der Waals surface area contributed by atoms with Crippen molar-refractivity contribution in [3.63, 3.8) is 0 Å². The van der Waals surface area contributed by atoms with Gasteiger partial charge in [0.15, 0.2) is 0 Å². The SMILES string of the molecule is CC[C@H](C)[C@H](N)C(=O)N1CC(C(=O)O)c2ccccc21. The summed E-state index contributed by atoms with van der Waals surface area (Å²) in [6.07, 6.45) is 0.810. The first-order valence-corrected chi connectivity index (χ1v) is 6.86. The second-order valence-corrected chi connectivity index (χ2v) is 5.31. The molecule has 1 heterocycles. The predicted octanol–water partition coefficient (Wildman–Crippen LogP) is 1.57. The molecule has 1 unspecified atom stereocenters. The molecule has 1 aliphatic rings. The number of nitrogens with two attached hydrogens (primary N) is 1. The lowest BCUT2D eigenvalue weighted by molar-refractivity contribution is -0.138. The van der Waals surface area contributed by atoms with Crippen molar-refractivity contribution in [1.82, 2.24) is 0 Å². The van der Waals surface area contributed by atoms with Crippen molar-refractivity contribution >= 4 is 17.6 Å². The maximum Gasteiger partial charge on any atom is 0.312 e. The molecule has 1 aromatic rings. The van der Waals surface area contributed by atoms with E-state index in [1.807, 2.05) is 13.8 Å². The van der Waals surface area contributed by atoms with Crippen molar-refractivity contribution in [3.05, 3.63) is 29.8 Å². The number of hydrogen-bond acceptors (Lipinski definition) is 3. The summed E-state index contributed by atoms with van der Waals surface area (Å²) in [7, 11) is 0. The Morgan fingerprint density at radius 3 is 2.70 bits per heavy atom. The fourth-order valence-corrected chi connectivity index (χ4v) is 2.50. The molecule has 0 spiro atoms. The number of benzene rings is 1. The van der Waals surface area contributed by atoms with Crippen molar-refractivity contribution in [2.75, 3.05) is 11.4 Å². The number of anilines is 1. The molecule has 0 saturated carbocycles. The van der Waals surface area contributed by atoms with Crippen molar-refractivity contribution in [3.8, 4) is 0 Å². The van der Waals surface area contributed by atoms with Crippen molar-refractivity contribution in [1.29, 1.82) is 0 Å². The van der Waals surface area contributed by atoms with E-state index in [0.29, 0.717) is 11.3 Å². The average Bonchev–Trinajstić information content (AvgIpc) is 2.84. The van der Waals surface area contributed by atoms with Crippen LogP contribution in [0.15, 0.2) is 24.3 Å². The third kappa shape index (κ3) is 2.41. The van der Waals surface area contributed by atoms with Gasteiger partial charge >= 0.3 is 5.97 Å². The van der Waals surface area contributed by atoms with Gasteiger partial charge in [-0.1, -0.05) is 38.5 Å². The van der Waals surface area contributed by atoms with E-state index in [4.69, 9.17) is 5.73 Å². The van der Waals surface area contributed by atoms with Crippen molar-refractivity contribution < 1.29 is 14.7 Å². The molecule has 5 nitrogen and oxygen atoms in total. The maximum atomic E-state index is 12.5. The molecule has 0 radical (unpaired) electrons. The molecular weight excluding hydrogens is 256 g/mol. The van der Waals surface area contributed by atoms with E-state index in [0.717, 1.165) is 6.42 Å². The van der Waals surface area contributed by atoms with E-state index in [1.54, 1.807) is 24.3 Å². The second kappa shape index (κ2) is 5.63. The molecule has 0 aliphatic carbocycles. The Kier molecular flexibility index (Phi) is 4.09. The van der Waals surface area contributed by atoms with E-state index in [-0.39, 0.29) is 18.4 Å². The third-order valence-corrected chi connectivity index (χ3v) is 4.07. The zero-order chi connectivity index (χ0) is 14.9. The molecule has 1 amide bonds. The molecule has 5 heteroatoms. The standard InChI is InChI=1S/C15H20N2O3/c1-3-9(2)13(16)14(18)17-8-11(15(19)20)10-6-4-5-7-12(10)17/h4-7,9,11,13H,3,8,16H2,1-2H3,(H,19,20)/t9-,11?,13-/m0/s1. The molecule has 3 N–H and O–H groups in total. The summed E-state index contributed by atoms with van der Waals surface area (Å²) in [5.74, 6) is -1.71. The van der Waals surface area contributed by atoms with Crippen LogP contribution in [-0.2, 0) is 9.59 Å². The van der Waals surface area contributed by atoms with Crippen molar-refractivity contribution in [2.24, 2.45) is 11.7 Å². The smallest absolute Gasteiger partial charge is 0.312 e. The van der Waals surface area contributed by atoms with Gasteiger partial charge in [-0.15, -0.1) is 0 Å². The number of carbonyl (C=O) groups is 2. The van der Waals surface area contributed by atoms with Crippen LogP contribution in [0.3, 0.4) is 0 Å². The molecule has 2 rings (SSSR count). The molecular formula is C15H20N2O3. The van der Waals surface area contributed by atoms with Crippen molar-refractivity contribution in [2.45, 2.75) is 32.2 Å². The predicted molar refractivity (Wildman–Crippen MR) is 76.6 cm³/mol. The first kappa shape index (κ1) is 14.5. The van der Waals surface area contributed by atoms with Crippen LogP contribution >= 0.6 is 0 Å². The van der Waals surface area contributed by atoms with Crippen LogP contribution in [0.2, 0.25) is 0 Å². The molecule has 1 aliphatic heterocycles. The first-order chi connectivity index (χ1) is 9.47. The average molecular weight is 276 g/mol. The number of carboxylic acids is 1. The fraction of sp³-hybridized carbons (Fsp3) is 0.467. The number of rotatable bonds is 4. The largest absolute Gasteiger partial charge is 0.481 e. The van der Waals surface area contributed by atoms with E-state index in [1.165, 1.54) is 4.90 Å². The van der Waals surface area contributed by atoms with Gasteiger partial charge in [-0.05, 0) is 17.5 Å². The minimum atomic E-state index is -0.912. The van der Waals surface area contributed by atoms with Gasteiger partial charge in [0, 0.05) is 12.2 Å². The molecule has 0 bridgehead atoms. The highest BCUT2D eigenvalue weighted by molar-refractivity contribution is 6.01. The number of fused-ring (bicyclic) bond motifs is 1. The van der Waals surface area contributed by atoms with Crippen LogP contribution in [0, 0.1) is 5.92 Å². The van der Waals surface area contributed by atoms with Gasteiger partial charge in [0.05, 0.1) is 6.04 Å². The topological polar surface area (TPSA) is 83.6 Å². The monoisotopic (exact) mass is 276 g/mol. The molecule has 0 aromatic heterocycles. The Balaban J connectivity index is 2.31. The van der Waals surface area contributed by atoms with Gasteiger partial charge in [0.25, 0.3) is 0 Å².